The van der Waals surface area contributed by atoms with E-state index in [1.165, 1.54) is 26.0 Å². The molecule has 55 heavy (non-hydrogen) atoms. The van der Waals surface area contributed by atoms with E-state index in [1.807, 2.05) is 13.8 Å². The second-order valence-electron chi connectivity index (χ2n) is 15.4. The molecule has 0 saturated carbocycles. The molecule has 310 valence electrons. The molecule has 2 heterocycles. The minimum Gasteiger partial charge on any atom is -0.457 e. The molecule has 3 rings (SSSR count). The maximum Gasteiger partial charge on any atom is 0.416 e. The van der Waals surface area contributed by atoms with Crippen LogP contribution in [0.4, 0.5) is 13.2 Å². The number of benzene rings is 1. The van der Waals surface area contributed by atoms with Crippen LogP contribution in [0, 0.1) is 11.8 Å². The van der Waals surface area contributed by atoms with Crippen molar-refractivity contribution in [3.8, 4) is 0 Å². The van der Waals surface area contributed by atoms with Gasteiger partial charge in [0.2, 0.25) is 0 Å². The highest BCUT2D eigenvalue weighted by molar-refractivity contribution is 5.70. The number of hydrogen-bond donors (Lipinski definition) is 4. The summed E-state index contributed by atoms with van der Waals surface area (Å²) in [5.41, 5.74) is -2.80. The number of epoxide rings is 1. The summed E-state index contributed by atoms with van der Waals surface area (Å²) in [6, 6.07) is 3.99. The highest BCUT2D eigenvalue weighted by Crippen LogP contribution is 2.41. The number of methoxy groups -OCH3 is 1. The summed E-state index contributed by atoms with van der Waals surface area (Å²) in [6.45, 7) is 11.7. The van der Waals surface area contributed by atoms with Crippen LogP contribution < -0.4 is 0 Å². The Morgan fingerprint density at radius 2 is 1.82 bits per heavy atom. The van der Waals surface area contributed by atoms with E-state index in [9.17, 15) is 43.2 Å². The lowest BCUT2D eigenvalue weighted by Gasteiger charge is -2.39. The number of alkyl halides is 3. The van der Waals surface area contributed by atoms with Gasteiger partial charge in [0.25, 0.3) is 0 Å². The monoisotopic (exact) mass is 783 g/mol. The molecular weight excluding hydrogens is 723 g/mol. The Hall–Kier alpha value is -3.11. The fourth-order valence-corrected chi connectivity index (χ4v) is 7.38. The molecular formula is C41H60F3NO10. The molecule has 4 N–H and O–H groups in total. The van der Waals surface area contributed by atoms with Crippen LogP contribution in [0.5, 0.6) is 0 Å². The van der Waals surface area contributed by atoms with Crippen LogP contribution in [0.1, 0.15) is 85.3 Å². The van der Waals surface area contributed by atoms with Crippen molar-refractivity contribution in [2.75, 3.05) is 20.3 Å². The van der Waals surface area contributed by atoms with Crippen molar-refractivity contribution in [3.05, 3.63) is 71.3 Å². The molecule has 2 aliphatic rings. The van der Waals surface area contributed by atoms with Crippen molar-refractivity contribution in [2.24, 2.45) is 11.8 Å². The third kappa shape index (κ3) is 13.2. The Kier molecular flexibility index (Phi) is 16.7. The smallest absolute Gasteiger partial charge is 0.416 e. The molecule has 14 heteroatoms. The van der Waals surface area contributed by atoms with Gasteiger partial charge in [-0.3, -0.25) is 14.5 Å². The van der Waals surface area contributed by atoms with Crippen LogP contribution in [0.2, 0.25) is 0 Å². The van der Waals surface area contributed by atoms with E-state index in [4.69, 9.17) is 18.9 Å². The molecule has 2 unspecified atom stereocenters. The molecule has 0 bridgehead atoms. The van der Waals surface area contributed by atoms with Crippen molar-refractivity contribution >= 4 is 11.9 Å². The largest absolute Gasteiger partial charge is 0.457 e. The number of esters is 2. The third-order valence-corrected chi connectivity index (χ3v) is 10.6. The first-order valence-corrected chi connectivity index (χ1v) is 18.9. The number of aliphatic hydroxyl groups is 4. The van der Waals surface area contributed by atoms with Gasteiger partial charge in [0, 0.05) is 39.0 Å². The lowest BCUT2D eigenvalue weighted by atomic mass is 9.85. The van der Waals surface area contributed by atoms with Crippen LogP contribution in [-0.2, 0) is 41.3 Å². The molecule has 0 radical (unpaired) electrons. The molecule has 2 aliphatic heterocycles. The summed E-state index contributed by atoms with van der Waals surface area (Å²) in [5, 5.41) is 44.0. The van der Waals surface area contributed by atoms with Crippen molar-refractivity contribution in [1.82, 2.24) is 4.90 Å². The number of carbonyl (C=O) groups is 2. The standard InChI is InChI=1S/C41H60F3NO10/c1-9-32(52-8)27(4)36-37(55-36)38(45(21-22-46)24-29-13-15-30(16-14-29)41(42,43)44)40(7,51)19-10-11-25(2)35-26(3)12-17-33(53-28(5)47)39(6,50)20-18-31(48)23-34(49)54-35/h10-17,19,26-27,31-33,35-38,46,48,50-51H,9,18,20-24H2,1-8H3/b17-12+,19-10+,25-11+/t26-,27+,31+,32-,33-,35+,36+,37-,38?,39+,40?/m0/s1. The Balaban J connectivity index is 1.98. The fourth-order valence-electron chi connectivity index (χ4n) is 7.38. The first-order valence-electron chi connectivity index (χ1n) is 18.9. The van der Waals surface area contributed by atoms with E-state index in [2.05, 4.69) is 0 Å². The van der Waals surface area contributed by atoms with Crippen LogP contribution in [0.3, 0.4) is 0 Å². The summed E-state index contributed by atoms with van der Waals surface area (Å²) in [5.74, 6) is -1.78. The number of halogens is 3. The zero-order valence-corrected chi connectivity index (χ0v) is 33.2. The van der Waals surface area contributed by atoms with Gasteiger partial charge < -0.3 is 39.4 Å². The minimum absolute atomic E-state index is 0.0561. The van der Waals surface area contributed by atoms with Gasteiger partial charge in [-0.2, -0.15) is 13.2 Å². The molecule has 1 aromatic carbocycles. The van der Waals surface area contributed by atoms with Gasteiger partial charge in [-0.15, -0.1) is 0 Å². The van der Waals surface area contributed by atoms with Crippen molar-refractivity contribution in [1.29, 1.82) is 0 Å². The van der Waals surface area contributed by atoms with E-state index in [0.29, 0.717) is 11.1 Å². The normalized spacial score (nSPS) is 30.4. The average molecular weight is 784 g/mol. The molecule has 0 aromatic heterocycles. The van der Waals surface area contributed by atoms with Gasteiger partial charge >= 0.3 is 18.1 Å². The molecule has 0 spiro atoms. The van der Waals surface area contributed by atoms with Crippen molar-refractivity contribution in [2.45, 2.75) is 141 Å². The van der Waals surface area contributed by atoms with Gasteiger partial charge in [-0.05, 0) is 69.4 Å². The zero-order valence-electron chi connectivity index (χ0n) is 33.2. The average Bonchev–Trinajstić information content (AvgIpc) is 3.87. The molecule has 0 amide bonds. The molecule has 1 aromatic rings. The van der Waals surface area contributed by atoms with Crippen molar-refractivity contribution in [3.63, 3.8) is 0 Å². The molecule has 1 saturated heterocycles. The molecule has 0 aliphatic carbocycles. The molecule has 11 atom stereocenters. The van der Waals surface area contributed by atoms with Gasteiger partial charge in [0.15, 0.2) is 0 Å². The maximum atomic E-state index is 13.3. The summed E-state index contributed by atoms with van der Waals surface area (Å²) in [7, 11) is 1.62. The number of nitrogens with zero attached hydrogens (tertiary/aromatic N) is 1. The van der Waals surface area contributed by atoms with Gasteiger partial charge in [0.1, 0.15) is 23.9 Å². The van der Waals surface area contributed by atoms with E-state index in [1.54, 1.807) is 63.2 Å². The van der Waals surface area contributed by atoms with Crippen LogP contribution >= 0.6 is 0 Å². The second-order valence-corrected chi connectivity index (χ2v) is 15.4. The summed E-state index contributed by atoms with van der Waals surface area (Å²) < 4.78 is 63.0. The number of allylic oxidation sites excluding steroid dienone is 2. The van der Waals surface area contributed by atoms with E-state index >= 15 is 0 Å². The zero-order chi connectivity index (χ0) is 41.3. The first-order chi connectivity index (χ1) is 25.6. The Labute approximate surface area is 322 Å². The lowest BCUT2D eigenvalue weighted by molar-refractivity contribution is -0.157. The van der Waals surface area contributed by atoms with Gasteiger partial charge in [0.05, 0.1) is 48.5 Å². The highest BCUT2D eigenvalue weighted by atomic mass is 19.4. The number of carbonyl (C=O) groups excluding carboxylic acids is 2. The number of ether oxygens (including phenoxy) is 4. The summed E-state index contributed by atoms with van der Waals surface area (Å²) in [6.07, 6.45) is 0.195. The van der Waals surface area contributed by atoms with E-state index in [-0.39, 0.29) is 57.1 Å². The first kappa shape index (κ1) is 46.3. The number of hydrogen-bond acceptors (Lipinski definition) is 11. The molecule has 1 fully saturated rings. The Bertz CT molecular complexity index is 1490. The number of rotatable bonds is 15. The minimum atomic E-state index is -4.50. The van der Waals surface area contributed by atoms with Gasteiger partial charge in [-0.1, -0.05) is 57.2 Å². The predicted octanol–water partition coefficient (Wildman–Crippen LogP) is 5.28. The Morgan fingerprint density at radius 3 is 2.38 bits per heavy atom. The lowest BCUT2D eigenvalue weighted by Crippen LogP contribution is -2.54. The molecule has 11 nitrogen and oxygen atoms in total. The quantitative estimate of drug-likeness (QED) is 0.0794. The summed E-state index contributed by atoms with van der Waals surface area (Å²) in [4.78, 5) is 26.6. The topological polar surface area (TPSA) is 159 Å². The second kappa shape index (κ2) is 19.8. The van der Waals surface area contributed by atoms with E-state index < -0.39 is 71.3 Å². The third-order valence-electron chi connectivity index (χ3n) is 10.6. The number of cyclic esters (lactones) is 1. The van der Waals surface area contributed by atoms with Gasteiger partial charge in [-0.25, -0.2) is 0 Å². The predicted molar refractivity (Wildman–Crippen MR) is 199 cm³/mol. The van der Waals surface area contributed by atoms with Crippen LogP contribution in [0.25, 0.3) is 0 Å². The summed E-state index contributed by atoms with van der Waals surface area (Å²) >= 11 is 0. The SMILES string of the molecule is CC[C@H](OC)[C@@H](C)[C@H]1O[C@@H]1C(N(CCO)Cc1ccc(C(F)(F)F)cc1)C(C)(O)/C=C/C=C(\C)[C@H]1OC(=O)C[C@H](O)CC[C@@](C)(O)[C@@H](OC(C)=O)/C=C/[C@@H]1C. The fraction of sp³-hybridized carbons (Fsp3) is 0.659. The van der Waals surface area contributed by atoms with Crippen molar-refractivity contribution < 1.29 is 62.1 Å². The van der Waals surface area contributed by atoms with Crippen LogP contribution in [-0.4, -0.2) is 111 Å². The Morgan fingerprint density at radius 1 is 1.16 bits per heavy atom. The highest BCUT2D eigenvalue weighted by Gasteiger charge is 2.56. The number of aliphatic hydroxyl groups excluding tert-OH is 2. The van der Waals surface area contributed by atoms with Crippen LogP contribution in [0.15, 0.2) is 60.2 Å². The van der Waals surface area contributed by atoms with E-state index in [0.717, 1.165) is 18.6 Å². The maximum absolute atomic E-state index is 13.3.